The Morgan fingerprint density at radius 3 is 1.14 bits per heavy atom. The van der Waals surface area contributed by atoms with Crippen molar-refractivity contribution in [2.75, 3.05) is 0 Å². The molecule has 0 aliphatic rings. The van der Waals surface area contributed by atoms with Gasteiger partial charge in [0, 0.05) is 0 Å². The highest BCUT2D eigenvalue weighted by Crippen LogP contribution is 1.59. The first-order chi connectivity index (χ1) is 2.00. The molecular weight excluding hydrogens is 258 g/mol. The van der Waals surface area contributed by atoms with E-state index in [4.69, 9.17) is 17.5 Å². The Bertz CT molecular complexity index is 94.9. The highest BCUT2D eigenvalue weighted by molar-refractivity contribution is 14.0. The average Bonchev–Trinajstić information content (AvgIpc) is 0.722. The molecule has 0 rings (SSSR count). The van der Waals surface area contributed by atoms with Gasteiger partial charge in [-0.15, -0.1) is 36.4 Å². The minimum Gasteiger partial charge on any atom is -0.264 e. The van der Waals surface area contributed by atoms with Crippen LogP contribution in [0.3, 0.4) is 0 Å². The normalized spacial score (nSPS) is 8.29. The first-order valence-corrected chi connectivity index (χ1v) is 2.10. The zero-order chi connectivity index (χ0) is 4.50. The molecule has 0 aliphatic carbocycles. The van der Waals surface area contributed by atoms with Gasteiger partial charge in [-0.2, -0.15) is 8.42 Å². The van der Waals surface area contributed by atoms with Crippen molar-refractivity contribution >= 4 is 46.8 Å². The fourth-order valence-corrected chi connectivity index (χ4v) is 0. The summed E-state index contributed by atoms with van der Waals surface area (Å²) in [5.74, 6) is 0. The molecule has 0 aromatic rings. The van der Waals surface area contributed by atoms with Crippen molar-refractivity contribution in [3.63, 3.8) is 0 Å². The van der Waals surface area contributed by atoms with Crippen molar-refractivity contribution in [1.82, 2.24) is 0 Å². The molecule has 2 N–H and O–H groups in total. The standard InChI is InChI=1S/ClH.HI.H2O4S/c;;1-5(2,3)4/h2*1H;(H2,1,2,3,4). The van der Waals surface area contributed by atoms with Crippen LogP contribution in [-0.2, 0) is 10.4 Å². The van der Waals surface area contributed by atoms with Crippen LogP contribution in [-0.4, -0.2) is 17.5 Å². The Kier molecular flexibility index (Phi) is 11.3. The van der Waals surface area contributed by atoms with Crippen LogP contribution in [0.2, 0.25) is 0 Å². The van der Waals surface area contributed by atoms with E-state index in [1.54, 1.807) is 0 Å². The Morgan fingerprint density at radius 2 is 1.14 bits per heavy atom. The van der Waals surface area contributed by atoms with E-state index < -0.39 is 10.4 Å². The lowest BCUT2D eigenvalue weighted by Crippen LogP contribution is -1.89. The Morgan fingerprint density at radius 1 is 1.14 bits per heavy atom. The highest BCUT2D eigenvalue weighted by Gasteiger charge is 1.84. The van der Waals surface area contributed by atoms with Crippen LogP contribution in [0.15, 0.2) is 0 Å². The first kappa shape index (κ1) is 15.7. The average molecular weight is 262 g/mol. The Balaban J connectivity index is -0.0000000800. The SMILES string of the molecule is Cl.I.O=S(=O)(O)O. The van der Waals surface area contributed by atoms with Gasteiger partial charge in [-0.05, 0) is 0 Å². The smallest absolute Gasteiger partial charge is 0.264 e. The summed E-state index contributed by atoms with van der Waals surface area (Å²) in [6.07, 6.45) is 0. The maximum Gasteiger partial charge on any atom is 0.394 e. The quantitative estimate of drug-likeness (QED) is 0.489. The Hall–Kier alpha value is 0.890. The molecule has 0 unspecified atom stereocenters. The maximum absolute atomic E-state index is 8.74. The van der Waals surface area contributed by atoms with Gasteiger partial charge in [-0.3, -0.25) is 9.11 Å². The molecule has 0 fully saturated rings. The van der Waals surface area contributed by atoms with Crippen LogP contribution in [0.1, 0.15) is 0 Å². The van der Waals surface area contributed by atoms with E-state index in [1.807, 2.05) is 0 Å². The molecule has 0 bridgehead atoms. The van der Waals surface area contributed by atoms with Crippen molar-refractivity contribution in [2.45, 2.75) is 0 Å². The lowest BCUT2D eigenvalue weighted by Gasteiger charge is -1.68. The van der Waals surface area contributed by atoms with Crippen LogP contribution in [0, 0.1) is 0 Å². The van der Waals surface area contributed by atoms with Gasteiger partial charge in [0.05, 0.1) is 0 Å². The predicted octanol–water partition coefficient (Wildman–Crippen LogP) is 0.387. The van der Waals surface area contributed by atoms with Crippen molar-refractivity contribution in [3.8, 4) is 0 Å². The van der Waals surface area contributed by atoms with Gasteiger partial charge in [0.15, 0.2) is 0 Å². The second kappa shape index (κ2) is 5.04. The van der Waals surface area contributed by atoms with Crippen LogP contribution < -0.4 is 0 Å². The molecule has 0 spiro atoms. The van der Waals surface area contributed by atoms with E-state index in [9.17, 15) is 0 Å². The Labute approximate surface area is 64.3 Å². The molecule has 48 valence electrons. The zero-order valence-electron chi connectivity index (χ0n) is 2.94. The highest BCUT2D eigenvalue weighted by atomic mass is 127. The topological polar surface area (TPSA) is 74.6 Å². The van der Waals surface area contributed by atoms with Gasteiger partial charge in [0.2, 0.25) is 0 Å². The van der Waals surface area contributed by atoms with Crippen LogP contribution >= 0.6 is 36.4 Å². The number of hydrogen-bond acceptors (Lipinski definition) is 2. The molecule has 0 heterocycles. The maximum atomic E-state index is 8.74. The van der Waals surface area contributed by atoms with Crippen molar-refractivity contribution in [1.29, 1.82) is 0 Å². The van der Waals surface area contributed by atoms with E-state index in [0.29, 0.717) is 0 Å². The van der Waals surface area contributed by atoms with E-state index in [1.165, 1.54) is 0 Å². The van der Waals surface area contributed by atoms with Gasteiger partial charge in [-0.1, -0.05) is 0 Å². The van der Waals surface area contributed by atoms with E-state index in [0.717, 1.165) is 0 Å². The summed E-state index contributed by atoms with van der Waals surface area (Å²) in [5, 5.41) is 0. The minimum absolute atomic E-state index is 0. The molecule has 0 aromatic heterocycles. The molecule has 7 heteroatoms. The molecular formula is H4ClIO4S. The summed E-state index contributed by atoms with van der Waals surface area (Å²) < 4.78 is 31.6. The molecule has 0 saturated heterocycles. The van der Waals surface area contributed by atoms with Crippen LogP contribution in [0.25, 0.3) is 0 Å². The van der Waals surface area contributed by atoms with Gasteiger partial charge in [-0.25, -0.2) is 0 Å². The minimum atomic E-state index is -4.67. The number of rotatable bonds is 0. The third-order valence-corrected chi connectivity index (χ3v) is 0. The molecule has 7 heavy (non-hydrogen) atoms. The predicted molar refractivity (Wildman–Crippen MR) is 36.8 cm³/mol. The van der Waals surface area contributed by atoms with E-state index in [2.05, 4.69) is 0 Å². The molecule has 0 atom stereocenters. The van der Waals surface area contributed by atoms with Crippen molar-refractivity contribution in [2.24, 2.45) is 0 Å². The number of hydrogen-bond donors (Lipinski definition) is 2. The summed E-state index contributed by atoms with van der Waals surface area (Å²) >= 11 is 0. The lowest BCUT2D eigenvalue weighted by atomic mass is 15.8. The first-order valence-electron chi connectivity index (χ1n) is 0.698. The van der Waals surface area contributed by atoms with E-state index >= 15 is 0 Å². The fraction of sp³-hybridized carbons (Fsp3) is 0. The second-order valence-electron chi connectivity index (χ2n) is 0.448. The van der Waals surface area contributed by atoms with Crippen LogP contribution in [0.5, 0.6) is 0 Å². The third kappa shape index (κ3) is 208. The largest absolute Gasteiger partial charge is 0.394 e. The van der Waals surface area contributed by atoms with Gasteiger partial charge in [0.25, 0.3) is 0 Å². The van der Waals surface area contributed by atoms with Crippen LogP contribution in [0.4, 0.5) is 0 Å². The molecule has 0 saturated carbocycles. The molecule has 0 radical (unpaired) electrons. The fourth-order valence-electron chi connectivity index (χ4n) is 0. The van der Waals surface area contributed by atoms with Gasteiger partial charge < -0.3 is 0 Å². The molecule has 0 amide bonds. The van der Waals surface area contributed by atoms with Crippen molar-refractivity contribution in [3.05, 3.63) is 0 Å². The second-order valence-corrected chi connectivity index (χ2v) is 1.34. The lowest BCUT2D eigenvalue weighted by molar-refractivity contribution is 0.381. The van der Waals surface area contributed by atoms with Gasteiger partial charge in [0.1, 0.15) is 0 Å². The number of halogens is 2. The van der Waals surface area contributed by atoms with Crippen molar-refractivity contribution < 1.29 is 17.5 Å². The summed E-state index contributed by atoms with van der Waals surface area (Å²) in [5.41, 5.74) is 0. The van der Waals surface area contributed by atoms with Gasteiger partial charge >= 0.3 is 10.4 Å². The molecule has 4 nitrogen and oxygen atoms in total. The molecule has 0 aromatic carbocycles. The summed E-state index contributed by atoms with van der Waals surface area (Å²) in [4.78, 5) is 0. The third-order valence-electron chi connectivity index (χ3n) is 0. The monoisotopic (exact) mass is 262 g/mol. The zero-order valence-corrected chi connectivity index (χ0v) is 6.90. The summed E-state index contributed by atoms with van der Waals surface area (Å²) in [6.45, 7) is 0. The molecule has 0 aliphatic heterocycles. The summed E-state index contributed by atoms with van der Waals surface area (Å²) in [6, 6.07) is 0. The summed E-state index contributed by atoms with van der Waals surface area (Å²) in [7, 11) is -4.67. The van der Waals surface area contributed by atoms with E-state index in [-0.39, 0.29) is 36.4 Å².